The minimum absolute atomic E-state index is 0.112. The van der Waals surface area contributed by atoms with Gasteiger partial charge in [0.05, 0.1) is 5.69 Å². The van der Waals surface area contributed by atoms with Gasteiger partial charge in [0.25, 0.3) is 11.8 Å². The Balaban J connectivity index is 1.41. The Kier molecular flexibility index (Phi) is 4.67. The fourth-order valence-corrected chi connectivity index (χ4v) is 3.99. The molecule has 4 rings (SSSR count). The molecule has 144 valence electrons. The molecule has 9 heteroatoms. The molecular weight excluding hydrogens is 346 g/mol. The zero-order valence-corrected chi connectivity index (χ0v) is 15.8. The quantitative estimate of drug-likeness (QED) is 0.869. The highest BCUT2D eigenvalue weighted by atomic mass is 16.2. The van der Waals surface area contributed by atoms with Crippen molar-refractivity contribution in [3.63, 3.8) is 0 Å². The number of likely N-dealkylation sites (N-methyl/N-ethyl adjacent to an activating group) is 1. The summed E-state index contributed by atoms with van der Waals surface area (Å²) in [4.78, 5) is 31.0. The van der Waals surface area contributed by atoms with E-state index in [9.17, 15) is 9.59 Å². The monoisotopic (exact) mass is 371 g/mol. The van der Waals surface area contributed by atoms with Gasteiger partial charge in [-0.15, -0.1) is 5.10 Å². The normalized spacial score (nSPS) is 20.6. The number of carbonyl (C=O) groups is 2. The highest BCUT2D eigenvalue weighted by Crippen LogP contribution is 2.25. The molecule has 0 bridgehead atoms. The number of nitrogens with zero attached hydrogens (tertiary/aromatic N) is 6. The van der Waals surface area contributed by atoms with Crippen molar-refractivity contribution in [2.24, 2.45) is 5.92 Å². The Morgan fingerprint density at radius 3 is 2.81 bits per heavy atom. The fourth-order valence-electron chi connectivity index (χ4n) is 3.99. The van der Waals surface area contributed by atoms with Crippen LogP contribution >= 0.6 is 0 Å². The molecule has 0 spiro atoms. The Morgan fingerprint density at radius 2 is 2.04 bits per heavy atom. The van der Waals surface area contributed by atoms with Crippen LogP contribution in [0.4, 0.5) is 5.82 Å². The summed E-state index contributed by atoms with van der Waals surface area (Å²) < 4.78 is 3.54. The van der Waals surface area contributed by atoms with Crippen molar-refractivity contribution in [1.82, 2.24) is 29.9 Å². The molecule has 27 heavy (non-hydrogen) atoms. The van der Waals surface area contributed by atoms with E-state index in [4.69, 9.17) is 0 Å². The summed E-state index contributed by atoms with van der Waals surface area (Å²) >= 11 is 0. The van der Waals surface area contributed by atoms with Crippen molar-refractivity contribution in [2.45, 2.75) is 58.2 Å². The molecule has 3 heterocycles. The lowest BCUT2D eigenvalue weighted by molar-refractivity contribution is -0.120. The van der Waals surface area contributed by atoms with Gasteiger partial charge in [-0.2, -0.15) is 5.10 Å². The van der Waals surface area contributed by atoms with E-state index < -0.39 is 11.9 Å². The molecule has 1 saturated carbocycles. The first-order valence-corrected chi connectivity index (χ1v) is 9.53. The molecule has 0 radical (unpaired) electrons. The molecule has 0 saturated heterocycles. The number of carbonyl (C=O) groups excluding carboxylic acids is 2. The second kappa shape index (κ2) is 7.13. The van der Waals surface area contributed by atoms with Crippen LogP contribution in [0.25, 0.3) is 0 Å². The minimum atomic E-state index is -0.619. The van der Waals surface area contributed by atoms with Crippen LogP contribution in [0, 0.1) is 12.8 Å². The van der Waals surface area contributed by atoms with Gasteiger partial charge in [0.1, 0.15) is 18.2 Å². The number of rotatable bonds is 4. The molecule has 2 amide bonds. The molecular formula is C18H25N7O2. The van der Waals surface area contributed by atoms with E-state index in [1.165, 1.54) is 25.7 Å². The third-order valence-electron chi connectivity index (χ3n) is 5.45. The molecule has 1 atom stereocenters. The van der Waals surface area contributed by atoms with Gasteiger partial charge in [-0.25, -0.2) is 9.67 Å². The van der Waals surface area contributed by atoms with E-state index >= 15 is 0 Å². The third kappa shape index (κ3) is 3.58. The van der Waals surface area contributed by atoms with Gasteiger partial charge < -0.3 is 5.32 Å². The van der Waals surface area contributed by atoms with Crippen LogP contribution in [0.15, 0.2) is 12.4 Å². The lowest BCUT2D eigenvalue weighted by atomic mass is 10.1. The van der Waals surface area contributed by atoms with E-state index in [2.05, 4.69) is 20.5 Å². The Bertz CT molecular complexity index is 850. The molecule has 2 aromatic rings. The average Bonchev–Trinajstić information content (AvgIpc) is 3.37. The van der Waals surface area contributed by atoms with Gasteiger partial charge in [0, 0.05) is 26.2 Å². The first kappa shape index (κ1) is 17.7. The van der Waals surface area contributed by atoms with Crippen LogP contribution < -0.4 is 10.2 Å². The number of hydrogen-bond acceptors (Lipinski definition) is 5. The maximum atomic E-state index is 12.7. The van der Waals surface area contributed by atoms with E-state index in [-0.39, 0.29) is 11.7 Å². The summed E-state index contributed by atoms with van der Waals surface area (Å²) in [6.45, 7) is 3.26. The molecule has 1 aliphatic carbocycles. The lowest BCUT2D eigenvalue weighted by Crippen LogP contribution is -2.47. The standard InChI is InChI=1S/C18H25N7O2/c1-12-9-15-23(2)18(27)14(7-8-25(15)21-12)20-17(26)16-19-11-24(22-16)10-13-5-3-4-6-13/h9,11,13-14H,3-8,10H2,1-2H3,(H,20,26)/t14-/m0/s1. The summed E-state index contributed by atoms with van der Waals surface area (Å²) in [6, 6.07) is 1.25. The highest BCUT2D eigenvalue weighted by Gasteiger charge is 2.31. The van der Waals surface area contributed by atoms with Gasteiger partial charge in [-0.1, -0.05) is 12.8 Å². The Hall–Kier alpha value is -2.71. The van der Waals surface area contributed by atoms with Gasteiger partial charge >= 0.3 is 0 Å². The zero-order valence-electron chi connectivity index (χ0n) is 15.8. The van der Waals surface area contributed by atoms with Crippen molar-refractivity contribution in [2.75, 3.05) is 11.9 Å². The van der Waals surface area contributed by atoms with Crippen LogP contribution in [0.5, 0.6) is 0 Å². The second-order valence-electron chi connectivity index (χ2n) is 7.52. The van der Waals surface area contributed by atoms with Gasteiger partial charge in [-0.3, -0.25) is 19.2 Å². The van der Waals surface area contributed by atoms with Crippen LogP contribution in [0.1, 0.15) is 48.4 Å². The predicted molar refractivity (Wildman–Crippen MR) is 98.2 cm³/mol. The van der Waals surface area contributed by atoms with Crippen molar-refractivity contribution in [3.05, 3.63) is 23.9 Å². The van der Waals surface area contributed by atoms with E-state index in [1.807, 2.05) is 13.0 Å². The zero-order chi connectivity index (χ0) is 19.0. The van der Waals surface area contributed by atoms with E-state index in [0.717, 1.165) is 18.1 Å². The number of fused-ring (bicyclic) bond motifs is 1. The largest absolute Gasteiger partial charge is 0.337 e. The Morgan fingerprint density at radius 1 is 1.26 bits per heavy atom. The van der Waals surface area contributed by atoms with Crippen molar-refractivity contribution in [3.8, 4) is 0 Å². The third-order valence-corrected chi connectivity index (χ3v) is 5.45. The van der Waals surface area contributed by atoms with Crippen LogP contribution in [-0.2, 0) is 17.9 Å². The smallest absolute Gasteiger partial charge is 0.291 e. The summed E-state index contributed by atoms with van der Waals surface area (Å²) in [6.07, 6.45) is 7.03. The molecule has 9 nitrogen and oxygen atoms in total. The number of nitrogens with one attached hydrogen (secondary N) is 1. The Labute approximate surface area is 157 Å². The molecule has 0 aromatic carbocycles. The van der Waals surface area contributed by atoms with E-state index in [0.29, 0.717) is 18.9 Å². The maximum Gasteiger partial charge on any atom is 0.291 e. The number of hydrogen-bond donors (Lipinski definition) is 1. The second-order valence-corrected chi connectivity index (χ2v) is 7.52. The number of aromatic nitrogens is 5. The number of aryl methyl sites for hydroxylation is 2. The van der Waals surface area contributed by atoms with Crippen LogP contribution in [0.2, 0.25) is 0 Å². The van der Waals surface area contributed by atoms with Crippen LogP contribution in [0.3, 0.4) is 0 Å². The van der Waals surface area contributed by atoms with Gasteiger partial charge in [0.2, 0.25) is 5.82 Å². The summed E-state index contributed by atoms with van der Waals surface area (Å²) in [7, 11) is 1.70. The van der Waals surface area contributed by atoms with Crippen molar-refractivity contribution in [1.29, 1.82) is 0 Å². The molecule has 1 fully saturated rings. The summed E-state index contributed by atoms with van der Waals surface area (Å²) in [5.41, 5.74) is 0.865. The molecule has 1 aliphatic heterocycles. The average molecular weight is 371 g/mol. The van der Waals surface area contributed by atoms with E-state index in [1.54, 1.807) is 27.6 Å². The van der Waals surface area contributed by atoms with Crippen molar-refractivity contribution >= 4 is 17.6 Å². The summed E-state index contributed by atoms with van der Waals surface area (Å²) in [5, 5.41) is 11.5. The number of amides is 2. The van der Waals surface area contributed by atoms with Crippen LogP contribution in [-0.4, -0.2) is 49.4 Å². The maximum absolute atomic E-state index is 12.7. The number of anilines is 1. The molecule has 2 aromatic heterocycles. The first-order chi connectivity index (χ1) is 13.0. The molecule has 0 unspecified atom stereocenters. The highest BCUT2D eigenvalue weighted by molar-refractivity contribution is 6.00. The first-order valence-electron chi connectivity index (χ1n) is 9.53. The van der Waals surface area contributed by atoms with Gasteiger partial charge in [0.15, 0.2) is 0 Å². The fraction of sp³-hybridized carbons (Fsp3) is 0.611. The molecule has 1 N–H and O–H groups in total. The predicted octanol–water partition coefficient (Wildman–Crippen LogP) is 1.14. The molecule has 2 aliphatic rings. The van der Waals surface area contributed by atoms with Crippen molar-refractivity contribution < 1.29 is 9.59 Å². The minimum Gasteiger partial charge on any atom is -0.337 e. The lowest BCUT2D eigenvalue weighted by Gasteiger charge is -2.19. The topological polar surface area (TPSA) is 97.9 Å². The van der Waals surface area contributed by atoms with Gasteiger partial charge in [-0.05, 0) is 32.1 Å². The SMILES string of the molecule is Cc1cc2n(n1)CC[C@H](NC(=O)c1ncn(CC3CCCC3)n1)C(=O)N2C. The summed E-state index contributed by atoms with van der Waals surface area (Å²) in [5.74, 6) is 0.898.